The van der Waals surface area contributed by atoms with Crippen molar-refractivity contribution in [3.63, 3.8) is 0 Å². The number of nitrogens with one attached hydrogen (secondary N) is 1. The standard InChI is InChI=1S/C15H12N2O3S/c1-20-15(19)13-6-5-12(21-13)14(18)17-9-11-4-2-3-10(7-11)8-16/h2-7H,9H2,1H3,(H,17,18). The van der Waals surface area contributed by atoms with Crippen LogP contribution in [-0.4, -0.2) is 19.0 Å². The Bertz CT molecular complexity index is 716. The Labute approximate surface area is 125 Å². The van der Waals surface area contributed by atoms with Crippen LogP contribution < -0.4 is 5.32 Å². The first kappa shape index (κ1) is 14.8. The maximum absolute atomic E-state index is 12.0. The van der Waals surface area contributed by atoms with Crippen LogP contribution in [-0.2, 0) is 11.3 Å². The summed E-state index contributed by atoms with van der Waals surface area (Å²) in [4.78, 5) is 24.1. The third-order valence-electron chi connectivity index (χ3n) is 2.73. The number of carbonyl (C=O) groups is 2. The van der Waals surface area contributed by atoms with Crippen molar-refractivity contribution in [2.75, 3.05) is 7.11 Å². The summed E-state index contributed by atoms with van der Waals surface area (Å²) < 4.78 is 4.59. The summed E-state index contributed by atoms with van der Waals surface area (Å²) in [5, 5.41) is 11.6. The van der Waals surface area contributed by atoms with Crippen molar-refractivity contribution in [2.45, 2.75) is 6.54 Å². The molecule has 0 spiro atoms. The van der Waals surface area contributed by atoms with E-state index in [9.17, 15) is 9.59 Å². The van der Waals surface area contributed by atoms with Crippen LogP contribution in [0.3, 0.4) is 0 Å². The van der Waals surface area contributed by atoms with E-state index in [1.807, 2.05) is 12.1 Å². The number of amides is 1. The lowest BCUT2D eigenvalue weighted by molar-refractivity contribution is 0.0606. The number of rotatable bonds is 4. The average Bonchev–Trinajstić information content (AvgIpc) is 3.02. The Balaban J connectivity index is 2.00. The van der Waals surface area contributed by atoms with Crippen molar-refractivity contribution in [1.29, 1.82) is 5.26 Å². The van der Waals surface area contributed by atoms with Crippen molar-refractivity contribution in [1.82, 2.24) is 5.32 Å². The van der Waals surface area contributed by atoms with Gasteiger partial charge in [-0.1, -0.05) is 12.1 Å². The van der Waals surface area contributed by atoms with Crippen molar-refractivity contribution in [3.05, 3.63) is 57.3 Å². The maximum Gasteiger partial charge on any atom is 0.348 e. The van der Waals surface area contributed by atoms with Crippen LogP contribution >= 0.6 is 11.3 Å². The predicted octanol–water partition coefficient (Wildman–Crippen LogP) is 2.34. The second-order valence-electron chi connectivity index (χ2n) is 4.15. The molecule has 1 N–H and O–H groups in total. The van der Waals surface area contributed by atoms with E-state index < -0.39 is 5.97 Å². The van der Waals surface area contributed by atoms with Crippen molar-refractivity contribution in [2.24, 2.45) is 0 Å². The molecule has 0 aliphatic carbocycles. The molecule has 0 bridgehead atoms. The van der Waals surface area contributed by atoms with Crippen LogP contribution in [0.4, 0.5) is 0 Å². The smallest absolute Gasteiger partial charge is 0.348 e. The van der Waals surface area contributed by atoms with Crippen LogP contribution in [0, 0.1) is 11.3 Å². The molecule has 1 aromatic carbocycles. The fourth-order valence-electron chi connectivity index (χ4n) is 1.69. The third kappa shape index (κ3) is 3.68. The van der Waals surface area contributed by atoms with Gasteiger partial charge in [-0.15, -0.1) is 11.3 Å². The summed E-state index contributed by atoms with van der Waals surface area (Å²) in [7, 11) is 1.30. The summed E-state index contributed by atoms with van der Waals surface area (Å²) in [5.41, 5.74) is 1.39. The van der Waals surface area contributed by atoms with Crippen LogP contribution in [0.2, 0.25) is 0 Å². The molecule has 1 aromatic heterocycles. The van der Waals surface area contributed by atoms with Crippen LogP contribution in [0.15, 0.2) is 36.4 Å². The predicted molar refractivity (Wildman–Crippen MR) is 78.0 cm³/mol. The number of ether oxygens (including phenoxy) is 1. The van der Waals surface area contributed by atoms with Gasteiger partial charge in [0.2, 0.25) is 0 Å². The number of carbonyl (C=O) groups excluding carboxylic acids is 2. The second kappa shape index (κ2) is 6.68. The molecule has 0 aliphatic heterocycles. The van der Waals surface area contributed by atoms with Crippen molar-refractivity contribution >= 4 is 23.2 Å². The Morgan fingerprint density at radius 1 is 1.29 bits per heavy atom. The van der Waals surface area contributed by atoms with Gasteiger partial charge in [-0.2, -0.15) is 5.26 Å². The molecule has 106 valence electrons. The molecule has 21 heavy (non-hydrogen) atoms. The molecule has 2 rings (SSSR count). The summed E-state index contributed by atoms with van der Waals surface area (Å²) in [6, 6.07) is 12.2. The van der Waals surface area contributed by atoms with Gasteiger partial charge < -0.3 is 10.1 Å². The number of nitriles is 1. The highest BCUT2D eigenvalue weighted by Crippen LogP contribution is 2.17. The lowest BCUT2D eigenvalue weighted by atomic mass is 10.1. The van der Waals surface area contributed by atoms with Crippen LogP contribution in [0.25, 0.3) is 0 Å². The number of thiophene rings is 1. The Kier molecular flexibility index (Phi) is 4.69. The summed E-state index contributed by atoms with van der Waals surface area (Å²) in [6.07, 6.45) is 0. The molecule has 6 heteroatoms. The maximum atomic E-state index is 12.0. The van der Waals surface area contributed by atoms with E-state index in [1.54, 1.807) is 30.3 Å². The number of hydrogen-bond acceptors (Lipinski definition) is 5. The fourth-order valence-corrected chi connectivity index (χ4v) is 2.53. The van der Waals surface area contributed by atoms with Crippen LogP contribution in [0.5, 0.6) is 0 Å². The van der Waals surface area contributed by atoms with Gasteiger partial charge in [0.15, 0.2) is 0 Å². The molecule has 0 aliphatic rings. The largest absolute Gasteiger partial charge is 0.465 e. The molecule has 5 nitrogen and oxygen atoms in total. The van der Waals surface area contributed by atoms with Gasteiger partial charge in [0.05, 0.1) is 23.6 Å². The summed E-state index contributed by atoms with van der Waals surface area (Å²) in [5.74, 6) is -0.724. The lowest BCUT2D eigenvalue weighted by Crippen LogP contribution is -2.21. The summed E-state index contributed by atoms with van der Waals surface area (Å²) in [6.45, 7) is 0.319. The molecule has 0 atom stereocenters. The second-order valence-corrected chi connectivity index (χ2v) is 5.23. The zero-order valence-electron chi connectivity index (χ0n) is 11.3. The highest BCUT2D eigenvalue weighted by molar-refractivity contribution is 7.15. The first-order valence-electron chi connectivity index (χ1n) is 6.09. The lowest BCUT2D eigenvalue weighted by Gasteiger charge is -2.04. The molecular formula is C15H12N2O3S. The van der Waals surface area contributed by atoms with E-state index in [0.717, 1.165) is 16.9 Å². The topological polar surface area (TPSA) is 79.2 Å². The van der Waals surface area contributed by atoms with E-state index in [1.165, 1.54) is 7.11 Å². The van der Waals surface area contributed by atoms with Gasteiger partial charge in [-0.05, 0) is 29.8 Å². The highest BCUT2D eigenvalue weighted by atomic mass is 32.1. The third-order valence-corrected chi connectivity index (χ3v) is 3.79. The summed E-state index contributed by atoms with van der Waals surface area (Å²) >= 11 is 1.08. The fraction of sp³-hybridized carbons (Fsp3) is 0.133. The minimum atomic E-state index is -0.458. The SMILES string of the molecule is COC(=O)c1ccc(C(=O)NCc2cccc(C#N)c2)s1. The Morgan fingerprint density at radius 2 is 2.05 bits per heavy atom. The molecule has 0 saturated heterocycles. The van der Waals surface area contributed by atoms with E-state index in [0.29, 0.717) is 21.9 Å². The minimum Gasteiger partial charge on any atom is -0.465 e. The number of nitrogens with zero attached hydrogens (tertiary/aromatic N) is 1. The number of esters is 1. The van der Waals surface area contributed by atoms with Gasteiger partial charge in [-0.25, -0.2) is 4.79 Å². The number of hydrogen-bond donors (Lipinski definition) is 1. The van der Waals surface area contributed by atoms with E-state index >= 15 is 0 Å². The normalized spacial score (nSPS) is 9.71. The van der Waals surface area contributed by atoms with E-state index in [2.05, 4.69) is 10.1 Å². The average molecular weight is 300 g/mol. The molecule has 1 heterocycles. The zero-order chi connectivity index (χ0) is 15.2. The van der Waals surface area contributed by atoms with Crippen molar-refractivity contribution < 1.29 is 14.3 Å². The first-order valence-corrected chi connectivity index (χ1v) is 6.91. The molecular weight excluding hydrogens is 288 g/mol. The quantitative estimate of drug-likeness (QED) is 0.879. The Hall–Kier alpha value is -2.65. The molecule has 0 fully saturated rings. The van der Waals surface area contributed by atoms with Gasteiger partial charge in [0.25, 0.3) is 5.91 Å². The molecule has 0 radical (unpaired) electrons. The van der Waals surface area contributed by atoms with Crippen molar-refractivity contribution in [3.8, 4) is 6.07 Å². The molecule has 1 amide bonds. The highest BCUT2D eigenvalue weighted by Gasteiger charge is 2.13. The van der Waals surface area contributed by atoms with Gasteiger partial charge in [0.1, 0.15) is 4.88 Å². The van der Waals surface area contributed by atoms with Gasteiger partial charge >= 0.3 is 5.97 Å². The van der Waals surface area contributed by atoms with Crippen LogP contribution in [0.1, 0.15) is 30.5 Å². The number of methoxy groups -OCH3 is 1. The molecule has 2 aromatic rings. The zero-order valence-corrected chi connectivity index (χ0v) is 12.1. The Morgan fingerprint density at radius 3 is 2.76 bits per heavy atom. The van der Waals surface area contributed by atoms with E-state index in [4.69, 9.17) is 5.26 Å². The van der Waals surface area contributed by atoms with Gasteiger partial charge in [-0.3, -0.25) is 4.79 Å². The molecule has 0 saturated carbocycles. The molecule has 0 unspecified atom stereocenters. The first-order chi connectivity index (χ1) is 10.1. The monoisotopic (exact) mass is 300 g/mol. The van der Waals surface area contributed by atoms with Gasteiger partial charge in [0, 0.05) is 6.54 Å². The minimum absolute atomic E-state index is 0.266. The number of benzene rings is 1. The van der Waals surface area contributed by atoms with E-state index in [-0.39, 0.29) is 5.91 Å².